The fraction of sp³-hybridized carbons (Fsp3) is 0.903. The van der Waals surface area contributed by atoms with Crippen molar-refractivity contribution in [1.29, 1.82) is 0 Å². The average molecular weight is 545 g/mol. The van der Waals surface area contributed by atoms with E-state index in [1.165, 1.54) is 0 Å². The molecule has 0 aliphatic carbocycles. The van der Waals surface area contributed by atoms with Gasteiger partial charge in [0, 0.05) is 61.4 Å². The molecule has 0 unspecified atom stereocenters. The maximum absolute atomic E-state index is 5.18. The molecule has 0 aromatic carbocycles. The molecule has 3 heterocycles. The number of hydrogen-bond acceptors (Lipinski definition) is 8. The lowest BCUT2D eigenvalue weighted by Gasteiger charge is -2.49. The zero-order valence-corrected chi connectivity index (χ0v) is 27.4. The second-order valence-electron chi connectivity index (χ2n) is 15.1. The van der Waals surface area contributed by atoms with Gasteiger partial charge in [0.05, 0.1) is 0 Å². The first kappa shape index (κ1) is 31.9. The highest BCUT2D eigenvalue weighted by Crippen LogP contribution is 2.35. The summed E-state index contributed by atoms with van der Waals surface area (Å²) >= 11 is 0. The molecule has 2 aliphatic heterocycles. The lowest BCUT2D eigenvalue weighted by atomic mass is 9.79. The number of rotatable bonds is 11. The summed E-state index contributed by atoms with van der Waals surface area (Å²) in [5, 5.41) is 7.66. The van der Waals surface area contributed by atoms with Crippen molar-refractivity contribution in [2.45, 2.75) is 155 Å². The van der Waals surface area contributed by atoms with E-state index in [0.29, 0.717) is 12.1 Å². The summed E-state index contributed by atoms with van der Waals surface area (Å²) in [4.78, 5) is 22.6. The first-order valence-electron chi connectivity index (χ1n) is 15.5. The Kier molecular flexibility index (Phi) is 9.85. The molecule has 0 saturated carbocycles. The number of nitrogens with one attached hydrogen (secondary N) is 2. The number of aromatic nitrogens is 3. The zero-order chi connectivity index (χ0) is 29.2. The van der Waals surface area contributed by atoms with Gasteiger partial charge in [-0.15, -0.1) is 0 Å². The number of piperidine rings is 2. The maximum Gasteiger partial charge on any atom is 0.231 e. The molecule has 2 saturated heterocycles. The van der Waals surface area contributed by atoms with Gasteiger partial charge in [-0.3, -0.25) is 0 Å². The number of unbranched alkanes of at least 4 members (excludes halogenated alkanes) is 2. The van der Waals surface area contributed by atoms with E-state index in [-0.39, 0.29) is 22.2 Å². The van der Waals surface area contributed by atoms with E-state index in [4.69, 9.17) is 15.0 Å². The van der Waals surface area contributed by atoms with Crippen molar-refractivity contribution in [2.75, 3.05) is 41.9 Å². The third-order valence-electron chi connectivity index (χ3n) is 8.51. The smallest absolute Gasteiger partial charge is 0.231 e. The zero-order valence-electron chi connectivity index (χ0n) is 27.4. The Morgan fingerprint density at radius 1 is 0.590 bits per heavy atom. The van der Waals surface area contributed by atoms with Gasteiger partial charge in [0.25, 0.3) is 0 Å². The Balaban J connectivity index is 2.03. The van der Waals surface area contributed by atoms with Gasteiger partial charge in [0.15, 0.2) is 0 Å². The fourth-order valence-electron chi connectivity index (χ4n) is 7.22. The van der Waals surface area contributed by atoms with E-state index in [9.17, 15) is 0 Å². The molecule has 2 aliphatic rings. The van der Waals surface area contributed by atoms with Gasteiger partial charge in [-0.05, 0) is 93.9 Å². The molecule has 1 aromatic heterocycles. The molecule has 2 N–H and O–H groups in total. The van der Waals surface area contributed by atoms with Gasteiger partial charge >= 0.3 is 0 Å². The lowest BCUT2D eigenvalue weighted by molar-refractivity contribution is 0.160. The normalized spacial score (nSPS) is 22.5. The summed E-state index contributed by atoms with van der Waals surface area (Å²) in [6, 6.07) is 0.697. The molecular formula is C31H60N8. The van der Waals surface area contributed by atoms with Crippen molar-refractivity contribution in [2.24, 2.45) is 0 Å². The van der Waals surface area contributed by atoms with Crippen LogP contribution in [0.2, 0.25) is 0 Å². The quantitative estimate of drug-likeness (QED) is 0.364. The molecule has 0 spiro atoms. The van der Waals surface area contributed by atoms with E-state index < -0.39 is 0 Å². The molecule has 8 nitrogen and oxygen atoms in total. The van der Waals surface area contributed by atoms with E-state index in [1.807, 2.05) is 0 Å². The van der Waals surface area contributed by atoms with Crippen LogP contribution in [-0.2, 0) is 0 Å². The monoisotopic (exact) mass is 544 g/mol. The van der Waals surface area contributed by atoms with Gasteiger partial charge in [0.1, 0.15) is 0 Å². The predicted molar refractivity (Wildman–Crippen MR) is 167 cm³/mol. The Bertz CT molecular complexity index is 838. The van der Waals surface area contributed by atoms with Crippen molar-refractivity contribution in [3.63, 3.8) is 0 Å². The summed E-state index contributed by atoms with van der Waals surface area (Å²) in [7, 11) is 4.37. The standard InChI is InChI=1S/C31H60N8/c1-13-15-17-39(18-16-14-2)27-33-25(37(11)23-19-28(3,4)35-29(5,6)20-23)32-26(34-27)38(12)24-21-30(7,8)36-31(9,10)22-24/h23-24,35-36H,13-22H2,1-12H3. The van der Waals surface area contributed by atoms with Crippen molar-refractivity contribution in [3.8, 4) is 0 Å². The summed E-state index contributed by atoms with van der Waals surface area (Å²) in [6.45, 7) is 25.0. The van der Waals surface area contributed by atoms with Crippen LogP contribution in [0.4, 0.5) is 17.8 Å². The molecule has 2 fully saturated rings. The minimum atomic E-state index is 0.0523. The van der Waals surface area contributed by atoms with Crippen LogP contribution in [0, 0.1) is 0 Å². The molecular weight excluding hydrogens is 484 g/mol. The van der Waals surface area contributed by atoms with Crippen LogP contribution in [0.5, 0.6) is 0 Å². The maximum atomic E-state index is 5.18. The van der Waals surface area contributed by atoms with Gasteiger partial charge in [-0.25, -0.2) is 0 Å². The van der Waals surface area contributed by atoms with E-state index in [2.05, 4.69) is 109 Å². The van der Waals surface area contributed by atoms with Crippen molar-refractivity contribution >= 4 is 17.8 Å². The molecule has 224 valence electrons. The number of nitrogens with zero attached hydrogens (tertiary/aromatic N) is 6. The predicted octanol–water partition coefficient (Wildman–Crippen LogP) is 5.77. The van der Waals surface area contributed by atoms with Gasteiger partial charge in [-0.1, -0.05) is 26.7 Å². The Morgan fingerprint density at radius 2 is 0.897 bits per heavy atom. The third kappa shape index (κ3) is 8.66. The van der Waals surface area contributed by atoms with Crippen LogP contribution in [0.3, 0.4) is 0 Å². The summed E-state index contributed by atoms with van der Waals surface area (Å²) in [5.74, 6) is 2.42. The third-order valence-corrected chi connectivity index (χ3v) is 8.51. The highest BCUT2D eigenvalue weighted by atomic mass is 15.4. The van der Waals surface area contributed by atoms with Gasteiger partial charge in [-0.2, -0.15) is 15.0 Å². The average Bonchev–Trinajstić information content (AvgIpc) is 2.79. The van der Waals surface area contributed by atoms with E-state index in [0.717, 1.165) is 82.3 Å². The topological polar surface area (TPSA) is 72.5 Å². The fourth-order valence-corrected chi connectivity index (χ4v) is 7.22. The Morgan fingerprint density at radius 3 is 1.21 bits per heavy atom. The molecule has 1 aromatic rings. The Labute approximate surface area is 240 Å². The van der Waals surface area contributed by atoms with Crippen LogP contribution in [0.1, 0.15) is 121 Å². The summed E-state index contributed by atoms with van der Waals surface area (Å²) in [6.07, 6.45) is 8.78. The number of anilines is 3. The summed E-state index contributed by atoms with van der Waals surface area (Å²) < 4.78 is 0. The molecule has 8 heteroatoms. The van der Waals surface area contributed by atoms with Gasteiger partial charge < -0.3 is 25.3 Å². The SMILES string of the molecule is CCCCN(CCCC)c1nc(N(C)C2CC(C)(C)NC(C)(C)C2)nc(N(C)C2CC(C)(C)NC(C)(C)C2)n1. The van der Waals surface area contributed by atoms with Crippen LogP contribution < -0.4 is 25.3 Å². The van der Waals surface area contributed by atoms with Crippen LogP contribution in [0.25, 0.3) is 0 Å². The van der Waals surface area contributed by atoms with Crippen molar-refractivity contribution in [1.82, 2.24) is 25.6 Å². The second-order valence-corrected chi connectivity index (χ2v) is 15.1. The molecule has 3 rings (SSSR count). The Hall–Kier alpha value is -1.67. The minimum absolute atomic E-state index is 0.0523. The molecule has 0 radical (unpaired) electrons. The van der Waals surface area contributed by atoms with E-state index >= 15 is 0 Å². The highest BCUT2D eigenvalue weighted by molar-refractivity contribution is 5.47. The highest BCUT2D eigenvalue weighted by Gasteiger charge is 2.41. The van der Waals surface area contributed by atoms with Crippen molar-refractivity contribution < 1.29 is 0 Å². The molecule has 39 heavy (non-hydrogen) atoms. The molecule has 0 amide bonds. The van der Waals surface area contributed by atoms with Crippen LogP contribution >= 0.6 is 0 Å². The van der Waals surface area contributed by atoms with Crippen LogP contribution in [0.15, 0.2) is 0 Å². The minimum Gasteiger partial charge on any atom is -0.341 e. The van der Waals surface area contributed by atoms with E-state index in [1.54, 1.807) is 0 Å². The second kappa shape index (κ2) is 12.1. The largest absolute Gasteiger partial charge is 0.341 e. The van der Waals surface area contributed by atoms with Crippen LogP contribution in [-0.4, -0.2) is 76.4 Å². The van der Waals surface area contributed by atoms with Gasteiger partial charge in [0.2, 0.25) is 17.8 Å². The number of hydrogen-bond donors (Lipinski definition) is 2. The first-order valence-corrected chi connectivity index (χ1v) is 15.5. The molecule has 0 bridgehead atoms. The molecule has 0 atom stereocenters. The summed E-state index contributed by atoms with van der Waals surface area (Å²) in [5.41, 5.74) is 0.209. The van der Waals surface area contributed by atoms with Crippen molar-refractivity contribution in [3.05, 3.63) is 0 Å². The lowest BCUT2D eigenvalue weighted by Crippen LogP contribution is -2.62. The first-order chi connectivity index (χ1) is 18.0.